The summed E-state index contributed by atoms with van der Waals surface area (Å²) in [5.41, 5.74) is 6.47. The molecule has 1 N–H and O–H groups in total. The highest BCUT2D eigenvalue weighted by Gasteiger charge is 2.32. The average Bonchev–Trinajstić information content (AvgIpc) is 3.09. The monoisotopic (exact) mass is 704 g/mol. The quantitative estimate of drug-likeness (QED) is 0.0602. The van der Waals surface area contributed by atoms with E-state index in [9.17, 15) is 14.3 Å². The highest BCUT2D eigenvalue weighted by atomic mass is 33.5. The molecule has 47 heavy (non-hydrogen) atoms. The third-order valence-corrected chi connectivity index (χ3v) is 10.3. The van der Waals surface area contributed by atoms with Gasteiger partial charge in [-0.25, -0.2) is 4.39 Å². The Morgan fingerprint density at radius 1 is 1.00 bits per heavy atom. The molecule has 0 bridgehead atoms. The first-order chi connectivity index (χ1) is 22.7. The normalized spacial score (nSPS) is 21.4. The van der Waals surface area contributed by atoms with Crippen LogP contribution in [0.1, 0.15) is 120 Å². The van der Waals surface area contributed by atoms with Crippen molar-refractivity contribution in [3.8, 4) is 11.1 Å². The van der Waals surface area contributed by atoms with E-state index in [2.05, 4.69) is 68.0 Å². The van der Waals surface area contributed by atoms with Gasteiger partial charge in [0.1, 0.15) is 12.1 Å². The molecule has 2 aromatic rings. The molecule has 264 valence electrons. The van der Waals surface area contributed by atoms with Crippen LogP contribution in [-0.4, -0.2) is 31.7 Å². The summed E-state index contributed by atoms with van der Waals surface area (Å²) in [4.78, 5) is 9.41. The number of unbranched alkanes of at least 4 members (excludes halogenated alkanes) is 2. The Balaban J connectivity index is 0.000000863. The van der Waals surface area contributed by atoms with Gasteiger partial charge in [0.2, 0.25) is 0 Å². The van der Waals surface area contributed by atoms with Gasteiger partial charge in [0.15, 0.2) is 0 Å². The summed E-state index contributed by atoms with van der Waals surface area (Å²) in [7, 11) is 2.88. The molecule has 3 nitrogen and oxygen atoms in total. The highest BCUT2D eigenvalue weighted by Crippen LogP contribution is 2.45. The minimum Gasteiger partial charge on any atom is -0.396 e. The summed E-state index contributed by atoms with van der Waals surface area (Å²) in [6.07, 6.45) is 17.7. The number of hydrogen-bond acceptors (Lipinski definition) is 6. The SMILES string of the molecule is C=C(C)C=O.CCCCCc1ccc(-c2ccc(C3CCC(C4CCC(CC(CO)COC)CC4)CC3)cc2CC)cc1F.SSS. The van der Waals surface area contributed by atoms with Gasteiger partial charge in [0.05, 0.1) is 6.61 Å². The number of aliphatic hydroxyl groups is 1. The maximum atomic E-state index is 14.9. The molecule has 7 heteroatoms. The molecule has 2 fully saturated rings. The van der Waals surface area contributed by atoms with Crippen molar-refractivity contribution >= 4 is 39.4 Å². The minimum absolute atomic E-state index is 0.0507. The van der Waals surface area contributed by atoms with Crippen molar-refractivity contribution < 1.29 is 19.0 Å². The summed E-state index contributed by atoms with van der Waals surface area (Å²) in [6.45, 7) is 10.3. The summed E-state index contributed by atoms with van der Waals surface area (Å²) < 4.78 is 20.2. The fourth-order valence-electron chi connectivity index (χ4n) is 7.65. The smallest absolute Gasteiger partial charge is 0.145 e. The van der Waals surface area contributed by atoms with E-state index in [0.29, 0.717) is 24.0 Å². The molecule has 2 aliphatic carbocycles. The summed E-state index contributed by atoms with van der Waals surface area (Å²) in [5, 5.41) is 9.63. The predicted octanol–water partition coefficient (Wildman–Crippen LogP) is 11.7. The second-order valence-corrected chi connectivity index (χ2v) is 15.8. The van der Waals surface area contributed by atoms with Crippen LogP contribution in [-0.2, 0) is 22.4 Å². The Morgan fingerprint density at radius 3 is 2.13 bits per heavy atom. The maximum absolute atomic E-state index is 14.9. The van der Waals surface area contributed by atoms with Crippen LogP contribution in [0.25, 0.3) is 11.1 Å². The van der Waals surface area contributed by atoms with Crippen molar-refractivity contribution in [1.82, 2.24) is 0 Å². The van der Waals surface area contributed by atoms with Crippen LogP contribution in [0.2, 0.25) is 0 Å². The summed E-state index contributed by atoms with van der Waals surface area (Å²) in [6, 6.07) is 12.9. The first-order valence-corrected chi connectivity index (χ1v) is 20.7. The first-order valence-electron chi connectivity index (χ1n) is 17.8. The number of methoxy groups -OCH3 is 1. The fourth-order valence-corrected chi connectivity index (χ4v) is 7.65. The summed E-state index contributed by atoms with van der Waals surface area (Å²) in [5.74, 6) is 3.46. The van der Waals surface area contributed by atoms with Crippen LogP contribution < -0.4 is 0 Å². The molecule has 0 radical (unpaired) electrons. The molecule has 2 aromatic carbocycles. The fraction of sp³-hybridized carbons (Fsp3) is 0.625. The van der Waals surface area contributed by atoms with Gasteiger partial charge < -0.3 is 9.84 Å². The lowest BCUT2D eigenvalue weighted by molar-refractivity contribution is -0.104. The third kappa shape index (κ3) is 14.6. The molecule has 1 atom stereocenters. The molecule has 0 heterocycles. The average molecular weight is 705 g/mol. The van der Waals surface area contributed by atoms with Crippen molar-refractivity contribution in [3.63, 3.8) is 0 Å². The zero-order valence-corrected chi connectivity index (χ0v) is 32.0. The zero-order valence-electron chi connectivity index (χ0n) is 29.4. The van der Waals surface area contributed by atoms with Crippen molar-refractivity contribution in [2.24, 2.45) is 23.7 Å². The van der Waals surface area contributed by atoms with Crippen LogP contribution in [0.4, 0.5) is 4.39 Å². The maximum Gasteiger partial charge on any atom is 0.145 e. The predicted molar refractivity (Wildman–Crippen MR) is 208 cm³/mol. The van der Waals surface area contributed by atoms with Gasteiger partial charge in [-0.1, -0.05) is 99.8 Å². The number of aliphatic hydroxyl groups excluding tert-OH is 1. The molecule has 0 aliphatic heterocycles. The van der Waals surface area contributed by atoms with Crippen molar-refractivity contribution in [2.45, 2.75) is 117 Å². The molecule has 1 unspecified atom stereocenters. The van der Waals surface area contributed by atoms with E-state index in [1.54, 1.807) is 20.1 Å². The number of aldehydes is 1. The third-order valence-electron chi connectivity index (χ3n) is 10.3. The second-order valence-electron chi connectivity index (χ2n) is 13.7. The van der Waals surface area contributed by atoms with Crippen molar-refractivity contribution in [1.29, 1.82) is 0 Å². The zero-order chi connectivity index (χ0) is 34.6. The van der Waals surface area contributed by atoms with Crippen molar-refractivity contribution in [2.75, 3.05) is 20.3 Å². The highest BCUT2D eigenvalue weighted by molar-refractivity contribution is 9.01. The molecule has 0 amide bonds. The molecular formula is C40H61FO3S3. The van der Waals surface area contributed by atoms with E-state index >= 15 is 0 Å². The number of halogens is 1. The van der Waals surface area contributed by atoms with Crippen LogP contribution in [0, 0.1) is 29.5 Å². The molecule has 2 aliphatic rings. The molecule has 0 spiro atoms. The minimum atomic E-state index is -0.0507. The molecule has 4 rings (SSSR count). The number of rotatable bonds is 14. The standard InChI is InChI=1S/C36H53FO2.C4H6O.H2S3/c1-4-6-7-8-32-17-18-34(23-36(32)37)35-20-19-33(22-28(35)5-2)31-15-13-30(14-16-31)29-11-9-26(10-12-29)21-27(24-38)25-39-3;1-4(2)3-5;1-3-2/h17-20,22-23,26-27,29-31,38H,4-16,21,24-25H2,1-3H3;3H,1H2,2H3;1-2H. The molecular weight excluding hydrogens is 644 g/mol. The van der Waals surface area contributed by atoms with E-state index in [1.165, 1.54) is 68.1 Å². The molecule has 0 aromatic heterocycles. The van der Waals surface area contributed by atoms with E-state index < -0.39 is 0 Å². The van der Waals surface area contributed by atoms with Crippen LogP contribution in [0.5, 0.6) is 0 Å². The lowest BCUT2D eigenvalue weighted by atomic mass is 9.67. The van der Waals surface area contributed by atoms with Crippen LogP contribution >= 0.6 is 33.1 Å². The van der Waals surface area contributed by atoms with E-state index in [1.807, 2.05) is 6.07 Å². The topological polar surface area (TPSA) is 46.5 Å². The van der Waals surface area contributed by atoms with Gasteiger partial charge in [0.25, 0.3) is 0 Å². The number of carbonyl (C=O) groups is 1. The number of thiol groups is 2. The van der Waals surface area contributed by atoms with Gasteiger partial charge >= 0.3 is 0 Å². The lowest BCUT2D eigenvalue weighted by Crippen LogP contribution is -2.27. The number of carbonyl (C=O) groups excluding carboxylic acids is 1. The molecule has 2 saturated carbocycles. The van der Waals surface area contributed by atoms with E-state index in [0.717, 1.165) is 83.5 Å². The number of allylic oxidation sites excluding steroid dienone is 1. The first kappa shape index (κ1) is 41.9. The van der Waals surface area contributed by atoms with Crippen molar-refractivity contribution in [3.05, 3.63) is 71.1 Å². The number of ether oxygens (including phenoxy) is 1. The second kappa shape index (κ2) is 24.0. The largest absolute Gasteiger partial charge is 0.396 e. The van der Waals surface area contributed by atoms with Gasteiger partial charge in [0, 0.05) is 19.6 Å². The Morgan fingerprint density at radius 2 is 1.62 bits per heavy atom. The van der Waals surface area contributed by atoms with Gasteiger partial charge in [-0.3, -0.25) is 4.79 Å². The van der Waals surface area contributed by atoms with Gasteiger partial charge in [-0.2, -0.15) is 0 Å². The van der Waals surface area contributed by atoms with Gasteiger partial charge in [-0.05, 0) is 144 Å². The van der Waals surface area contributed by atoms with Crippen LogP contribution in [0.15, 0.2) is 48.6 Å². The Labute approximate surface area is 299 Å². The Hall–Kier alpha value is -1.25. The Bertz CT molecular complexity index is 1170. The van der Waals surface area contributed by atoms with Crippen LogP contribution in [0.3, 0.4) is 0 Å². The number of benzene rings is 2. The number of aryl methyl sites for hydroxylation is 2. The van der Waals surface area contributed by atoms with E-state index in [4.69, 9.17) is 4.74 Å². The molecule has 0 saturated heterocycles. The van der Waals surface area contributed by atoms with Gasteiger partial charge in [-0.15, -0.1) is 0 Å². The lowest BCUT2D eigenvalue weighted by Gasteiger charge is -2.38. The summed E-state index contributed by atoms with van der Waals surface area (Å²) >= 11 is 7.14. The van der Waals surface area contributed by atoms with E-state index in [-0.39, 0.29) is 12.4 Å². The number of hydrogen-bond donors (Lipinski definition) is 3. The Kier molecular flexibility index (Phi) is 21.4.